The van der Waals surface area contributed by atoms with Crippen LogP contribution in [0.5, 0.6) is 5.75 Å². The van der Waals surface area contributed by atoms with Gasteiger partial charge in [-0.15, -0.1) is 0 Å². The number of aliphatic carboxylic acids is 1. The first-order valence-electron chi connectivity index (χ1n) is 6.07. The second kappa shape index (κ2) is 7.28. The third-order valence-electron chi connectivity index (χ3n) is 2.38. The minimum atomic E-state index is -0.979. The molecule has 0 aliphatic heterocycles. The third-order valence-corrected chi connectivity index (χ3v) is 2.87. The maximum atomic E-state index is 12.0. The first-order chi connectivity index (χ1) is 8.90. The van der Waals surface area contributed by atoms with Crippen LogP contribution in [0.3, 0.4) is 0 Å². The Labute approximate surface area is 120 Å². The summed E-state index contributed by atoms with van der Waals surface area (Å²) in [4.78, 5) is 22.5. The van der Waals surface area contributed by atoms with Crippen molar-refractivity contribution in [2.75, 3.05) is 6.61 Å². The summed E-state index contributed by atoms with van der Waals surface area (Å²) >= 11 is 3.30. The van der Waals surface area contributed by atoms with Crippen molar-refractivity contribution in [2.24, 2.45) is 5.92 Å². The van der Waals surface area contributed by atoms with Crippen LogP contribution in [0.15, 0.2) is 22.7 Å². The number of hydrogen-bond acceptors (Lipinski definition) is 3. The molecule has 1 rings (SSSR count). The van der Waals surface area contributed by atoms with E-state index in [1.807, 2.05) is 13.8 Å². The third kappa shape index (κ3) is 5.42. The molecule has 0 amide bonds. The predicted octanol–water partition coefficient (Wildman–Crippen LogP) is 3.53. The van der Waals surface area contributed by atoms with E-state index in [-0.39, 0.29) is 18.6 Å². The lowest BCUT2D eigenvalue weighted by molar-refractivity contribution is -0.136. The van der Waals surface area contributed by atoms with E-state index in [2.05, 4.69) is 15.9 Å². The van der Waals surface area contributed by atoms with Crippen LogP contribution >= 0.6 is 15.9 Å². The van der Waals surface area contributed by atoms with Crippen molar-refractivity contribution in [3.63, 3.8) is 0 Å². The fourth-order valence-electron chi connectivity index (χ4n) is 1.46. The molecule has 104 valence electrons. The molecule has 19 heavy (non-hydrogen) atoms. The Morgan fingerprint density at radius 1 is 1.32 bits per heavy atom. The molecule has 0 aliphatic rings. The number of rotatable bonds is 7. The SMILES string of the molecule is CC(C)COc1ccc(Br)cc1C(=O)CCC(=O)O. The molecule has 0 aliphatic carbocycles. The first-order valence-corrected chi connectivity index (χ1v) is 6.86. The Kier molecular flexibility index (Phi) is 6.02. The van der Waals surface area contributed by atoms with Gasteiger partial charge < -0.3 is 9.84 Å². The van der Waals surface area contributed by atoms with Crippen LogP contribution in [0.4, 0.5) is 0 Å². The highest BCUT2D eigenvalue weighted by atomic mass is 79.9. The summed E-state index contributed by atoms with van der Waals surface area (Å²) in [6.07, 6.45) is -0.196. The number of Topliss-reactive ketones (excluding diaryl/α,β-unsaturated/α-hetero) is 1. The molecule has 0 spiro atoms. The summed E-state index contributed by atoms with van der Waals surface area (Å²) in [5.41, 5.74) is 0.427. The number of ether oxygens (including phenoxy) is 1. The highest BCUT2D eigenvalue weighted by Gasteiger charge is 2.15. The van der Waals surface area contributed by atoms with E-state index in [9.17, 15) is 9.59 Å². The molecule has 0 fully saturated rings. The normalized spacial score (nSPS) is 10.5. The van der Waals surface area contributed by atoms with Gasteiger partial charge in [-0.25, -0.2) is 0 Å². The van der Waals surface area contributed by atoms with E-state index in [0.29, 0.717) is 23.8 Å². The number of hydrogen-bond donors (Lipinski definition) is 1. The minimum absolute atomic E-state index is 0.0240. The highest BCUT2D eigenvalue weighted by Crippen LogP contribution is 2.25. The quantitative estimate of drug-likeness (QED) is 0.777. The average molecular weight is 329 g/mol. The van der Waals surface area contributed by atoms with Crippen molar-refractivity contribution < 1.29 is 19.4 Å². The molecule has 0 bridgehead atoms. The van der Waals surface area contributed by atoms with Crippen LogP contribution in [-0.4, -0.2) is 23.5 Å². The van der Waals surface area contributed by atoms with Crippen molar-refractivity contribution >= 4 is 27.7 Å². The van der Waals surface area contributed by atoms with Gasteiger partial charge in [-0.3, -0.25) is 9.59 Å². The van der Waals surface area contributed by atoms with E-state index in [1.165, 1.54) is 0 Å². The van der Waals surface area contributed by atoms with Gasteiger partial charge in [0.2, 0.25) is 0 Å². The first kappa shape index (κ1) is 15.7. The second-order valence-electron chi connectivity index (χ2n) is 4.66. The van der Waals surface area contributed by atoms with Crippen LogP contribution in [0, 0.1) is 5.92 Å². The zero-order chi connectivity index (χ0) is 14.4. The lowest BCUT2D eigenvalue weighted by atomic mass is 10.1. The van der Waals surface area contributed by atoms with E-state index < -0.39 is 5.97 Å². The van der Waals surface area contributed by atoms with Gasteiger partial charge in [0.25, 0.3) is 0 Å². The van der Waals surface area contributed by atoms with Crippen LogP contribution in [-0.2, 0) is 4.79 Å². The monoisotopic (exact) mass is 328 g/mol. The van der Waals surface area contributed by atoms with Gasteiger partial charge in [-0.05, 0) is 24.1 Å². The molecular formula is C14H17BrO4. The van der Waals surface area contributed by atoms with Crippen molar-refractivity contribution in [2.45, 2.75) is 26.7 Å². The molecule has 0 radical (unpaired) electrons. The second-order valence-corrected chi connectivity index (χ2v) is 5.58. The van der Waals surface area contributed by atoms with Gasteiger partial charge in [0.1, 0.15) is 5.75 Å². The molecule has 0 saturated heterocycles. The molecular weight excluding hydrogens is 312 g/mol. The molecule has 1 aromatic rings. The van der Waals surface area contributed by atoms with Crippen molar-refractivity contribution in [1.82, 2.24) is 0 Å². The molecule has 1 N–H and O–H groups in total. The van der Waals surface area contributed by atoms with Crippen LogP contribution in [0.2, 0.25) is 0 Å². The average Bonchev–Trinajstić information content (AvgIpc) is 2.34. The summed E-state index contributed by atoms with van der Waals surface area (Å²) in [6, 6.07) is 5.18. The lowest BCUT2D eigenvalue weighted by Crippen LogP contribution is -2.10. The van der Waals surface area contributed by atoms with Crippen LogP contribution in [0.25, 0.3) is 0 Å². The Hall–Kier alpha value is -1.36. The summed E-state index contributed by atoms with van der Waals surface area (Å²) < 4.78 is 6.36. The molecule has 4 nitrogen and oxygen atoms in total. The lowest BCUT2D eigenvalue weighted by Gasteiger charge is -2.12. The van der Waals surface area contributed by atoms with E-state index in [1.54, 1.807) is 18.2 Å². The number of carboxylic acids is 1. The summed E-state index contributed by atoms with van der Waals surface area (Å²) in [6.45, 7) is 4.55. The maximum absolute atomic E-state index is 12.0. The topological polar surface area (TPSA) is 63.6 Å². The number of ketones is 1. The molecule has 1 aromatic carbocycles. The zero-order valence-corrected chi connectivity index (χ0v) is 12.6. The van der Waals surface area contributed by atoms with Crippen molar-refractivity contribution in [3.05, 3.63) is 28.2 Å². The summed E-state index contributed by atoms with van der Waals surface area (Å²) in [5.74, 6) is -0.339. The Balaban J connectivity index is 2.86. The molecule has 0 aromatic heterocycles. The predicted molar refractivity (Wildman–Crippen MR) is 75.7 cm³/mol. The van der Waals surface area contributed by atoms with Gasteiger partial charge in [0.15, 0.2) is 5.78 Å². The van der Waals surface area contributed by atoms with Crippen LogP contribution in [0.1, 0.15) is 37.0 Å². The number of carbonyl (C=O) groups excluding carboxylic acids is 1. The molecule has 0 atom stereocenters. The Morgan fingerprint density at radius 3 is 2.58 bits per heavy atom. The zero-order valence-electron chi connectivity index (χ0n) is 11.0. The van der Waals surface area contributed by atoms with Gasteiger partial charge in [-0.2, -0.15) is 0 Å². The smallest absolute Gasteiger partial charge is 0.303 e. The fourth-order valence-corrected chi connectivity index (χ4v) is 1.82. The number of carboxylic acid groups (broad SMARTS) is 1. The number of halogens is 1. The van der Waals surface area contributed by atoms with E-state index in [4.69, 9.17) is 9.84 Å². The highest BCUT2D eigenvalue weighted by molar-refractivity contribution is 9.10. The molecule has 5 heteroatoms. The van der Waals surface area contributed by atoms with Gasteiger partial charge >= 0.3 is 5.97 Å². The molecule has 0 unspecified atom stereocenters. The van der Waals surface area contributed by atoms with Gasteiger partial charge in [-0.1, -0.05) is 29.8 Å². The summed E-state index contributed by atoms with van der Waals surface area (Å²) in [7, 11) is 0. The van der Waals surface area contributed by atoms with Crippen molar-refractivity contribution in [3.8, 4) is 5.75 Å². The van der Waals surface area contributed by atoms with E-state index in [0.717, 1.165) is 4.47 Å². The number of benzene rings is 1. The maximum Gasteiger partial charge on any atom is 0.303 e. The standard InChI is InChI=1S/C14H17BrO4/c1-9(2)8-19-13-5-3-10(15)7-11(13)12(16)4-6-14(17)18/h3,5,7,9H,4,6,8H2,1-2H3,(H,17,18). The van der Waals surface area contributed by atoms with Gasteiger partial charge in [0.05, 0.1) is 18.6 Å². The van der Waals surface area contributed by atoms with Gasteiger partial charge in [0, 0.05) is 10.9 Å². The van der Waals surface area contributed by atoms with Crippen molar-refractivity contribution in [1.29, 1.82) is 0 Å². The Morgan fingerprint density at radius 2 is 2.00 bits per heavy atom. The molecule has 0 saturated carbocycles. The number of carbonyl (C=O) groups is 2. The van der Waals surface area contributed by atoms with E-state index >= 15 is 0 Å². The van der Waals surface area contributed by atoms with Crippen LogP contribution < -0.4 is 4.74 Å². The minimum Gasteiger partial charge on any atom is -0.493 e. The largest absolute Gasteiger partial charge is 0.493 e. The summed E-state index contributed by atoms with van der Waals surface area (Å²) in [5, 5.41) is 8.62. The Bertz CT molecular complexity index is 469. The molecule has 0 heterocycles. The fraction of sp³-hybridized carbons (Fsp3) is 0.429.